The summed E-state index contributed by atoms with van der Waals surface area (Å²) in [5.74, 6) is -4.23. The summed E-state index contributed by atoms with van der Waals surface area (Å²) in [6.07, 6.45) is -0.344. The molecule has 4 aromatic carbocycles. The largest absolute Gasteiger partial charge is 0.489 e. The molecular weight excluding hydrogens is 576 g/mol. The van der Waals surface area contributed by atoms with Gasteiger partial charge in [-0.3, -0.25) is 14.4 Å². The highest BCUT2D eigenvalue weighted by Gasteiger charge is 2.56. The van der Waals surface area contributed by atoms with Crippen molar-refractivity contribution in [1.29, 1.82) is 0 Å². The van der Waals surface area contributed by atoms with E-state index in [1.165, 1.54) is 6.92 Å². The van der Waals surface area contributed by atoms with Crippen LogP contribution in [0.25, 0.3) is 0 Å². The minimum Gasteiger partial charge on any atom is -0.489 e. The maximum atomic E-state index is 14.3. The summed E-state index contributed by atoms with van der Waals surface area (Å²) in [5, 5.41) is 17.8. The van der Waals surface area contributed by atoms with Crippen LogP contribution in [-0.2, 0) is 21.0 Å². The molecule has 0 spiro atoms. The predicted molar refractivity (Wildman–Crippen MR) is 181 cm³/mol. The Bertz CT molecular complexity index is 1790. The van der Waals surface area contributed by atoms with E-state index in [0.717, 1.165) is 33.4 Å². The van der Waals surface area contributed by atoms with Gasteiger partial charge in [0.1, 0.15) is 24.1 Å². The lowest BCUT2D eigenvalue weighted by Crippen LogP contribution is -2.56. The lowest BCUT2D eigenvalue weighted by atomic mass is 9.61. The Balaban J connectivity index is 1.57. The first-order valence-corrected chi connectivity index (χ1v) is 15.6. The van der Waals surface area contributed by atoms with Crippen molar-refractivity contribution in [2.45, 2.75) is 66.1 Å². The molecule has 1 aliphatic carbocycles. The van der Waals surface area contributed by atoms with Gasteiger partial charge < -0.3 is 20.5 Å². The topological polar surface area (TPSA) is 105 Å². The molecule has 1 aliphatic rings. The summed E-state index contributed by atoms with van der Waals surface area (Å²) >= 11 is 0. The summed E-state index contributed by atoms with van der Waals surface area (Å²) in [6, 6.07) is 26.6. The summed E-state index contributed by atoms with van der Waals surface area (Å²) in [6.45, 7) is 11.5. The smallest absolute Gasteiger partial charge is 0.235 e. The number of amides is 2. The standard InChI is InChI=1S/C39H42N2O5/c1-23-14-16-26(4)31(18-23)40-37(43)35-33(42)21-39(6,45)36(38(44)41-32-19-24(2)15-17-27(32)5)34(35)28-12-9-13-30(20-28)46-22-29-11-8-7-10-25(29)3/h7-20,34-36,45H,21-22H2,1-6H3,(H,40,43)(H,41,44). The minimum atomic E-state index is -1.72. The number of ether oxygens (including phenoxy) is 1. The van der Waals surface area contributed by atoms with Crippen molar-refractivity contribution in [2.75, 3.05) is 10.6 Å². The number of aliphatic hydroxyl groups is 1. The van der Waals surface area contributed by atoms with Gasteiger partial charge in [0, 0.05) is 23.7 Å². The first kappa shape index (κ1) is 32.6. The maximum Gasteiger partial charge on any atom is 0.235 e. The predicted octanol–water partition coefficient (Wildman–Crippen LogP) is 7.12. The highest BCUT2D eigenvalue weighted by Crippen LogP contribution is 2.47. The van der Waals surface area contributed by atoms with Gasteiger partial charge in [0.15, 0.2) is 0 Å². The SMILES string of the molecule is Cc1ccc(C)c(NC(=O)C2C(=O)CC(C)(O)C(C(=O)Nc3cc(C)ccc3C)C2c2cccc(OCc3ccccc3C)c2)c1. The van der Waals surface area contributed by atoms with E-state index in [1.807, 2.05) is 95.3 Å². The van der Waals surface area contributed by atoms with Crippen LogP contribution in [0.3, 0.4) is 0 Å². The van der Waals surface area contributed by atoms with Gasteiger partial charge in [-0.05, 0) is 105 Å². The lowest BCUT2D eigenvalue weighted by molar-refractivity contribution is -0.150. The van der Waals surface area contributed by atoms with Gasteiger partial charge in [-0.2, -0.15) is 0 Å². The van der Waals surface area contributed by atoms with E-state index in [2.05, 4.69) is 10.6 Å². The minimum absolute atomic E-state index is 0.324. The maximum absolute atomic E-state index is 14.3. The Morgan fingerprint density at radius 1 is 0.783 bits per heavy atom. The van der Waals surface area contributed by atoms with Gasteiger partial charge in [0.25, 0.3) is 0 Å². The molecule has 0 aromatic heterocycles. The van der Waals surface area contributed by atoms with E-state index in [9.17, 15) is 19.5 Å². The summed E-state index contributed by atoms with van der Waals surface area (Å²) in [7, 11) is 0. The molecule has 46 heavy (non-hydrogen) atoms. The van der Waals surface area contributed by atoms with Crippen LogP contribution < -0.4 is 15.4 Å². The van der Waals surface area contributed by atoms with E-state index in [0.29, 0.717) is 29.3 Å². The summed E-state index contributed by atoms with van der Waals surface area (Å²) in [5.41, 5.74) is 5.80. The molecule has 4 atom stereocenters. The zero-order valence-corrected chi connectivity index (χ0v) is 27.3. The van der Waals surface area contributed by atoms with Gasteiger partial charge >= 0.3 is 0 Å². The molecule has 1 fully saturated rings. The van der Waals surface area contributed by atoms with E-state index in [1.54, 1.807) is 24.3 Å². The van der Waals surface area contributed by atoms with Gasteiger partial charge in [-0.1, -0.05) is 60.7 Å². The van der Waals surface area contributed by atoms with Crippen LogP contribution in [0, 0.1) is 46.5 Å². The number of nitrogens with one attached hydrogen (secondary N) is 2. The number of carbonyl (C=O) groups excluding carboxylic acids is 3. The van der Waals surface area contributed by atoms with E-state index in [4.69, 9.17) is 4.74 Å². The third kappa shape index (κ3) is 7.05. The molecule has 1 saturated carbocycles. The fraction of sp³-hybridized carbons (Fsp3) is 0.308. The second-order valence-corrected chi connectivity index (χ2v) is 12.9. The molecule has 4 unspecified atom stereocenters. The zero-order valence-electron chi connectivity index (χ0n) is 27.3. The van der Waals surface area contributed by atoms with Crippen LogP contribution in [0.1, 0.15) is 58.2 Å². The van der Waals surface area contributed by atoms with Crippen molar-refractivity contribution in [2.24, 2.45) is 11.8 Å². The third-order valence-corrected chi connectivity index (χ3v) is 9.03. The first-order valence-electron chi connectivity index (χ1n) is 15.6. The lowest BCUT2D eigenvalue weighted by Gasteiger charge is -2.44. The van der Waals surface area contributed by atoms with Gasteiger partial charge in [0.2, 0.25) is 11.8 Å². The second kappa shape index (κ2) is 13.3. The average Bonchev–Trinajstić information content (AvgIpc) is 2.99. The van der Waals surface area contributed by atoms with E-state index < -0.39 is 41.0 Å². The van der Waals surface area contributed by atoms with Crippen molar-refractivity contribution in [3.05, 3.63) is 124 Å². The molecule has 4 aromatic rings. The molecule has 0 radical (unpaired) electrons. The Morgan fingerprint density at radius 3 is 2.02 bits per heavy atom. The van der Waals surface area contributed by atoms with Gasteiger partial charge in [-0.15, -0.1) is 0 Å². The molecule has 238 valence electrons. The van der Waals surface area contributed by atoms with Crippen LogP contribution in [0.5, 0.6) is 5.75 Å². The van der Waals surface area contributed by atoms with E-state index in [-0.39, 0.29) is 6.42 Å². The molecule has 7 heteroatoms. The first-order chi connectivity index (χ1) is 21.8. The van der Waals surface area contributed by atoms with Crippen molar-refractivity contribution in [3.8, 4) is 5.75 Å². The quantitative estimate of drug-likeness (QED) is 0.182. The fourth-order valence-electron chi connectivity index (χ4n) is 6.40. The van der Waals surface area contributed by atoms with Crippen molar-refractivity contribution < 1.29 is 24.2 Å². The molecule has 7 nitrogen and oxygen atoms in total. The molecular formula is C39H42N2O5. The van der Waals surface area contributed by atoms with Gasteiger partial charge in [-0.25, -0.2) is 0 Å². The number of ketones is 1. The molecule has 0 saturated heterocycles. The number of Topliss-reactive ketones (excluding diaryl/α,β-unsaturated/α-hetero) is 1. The Morgan fingerprint density at radius 2 is 1.39 bits per heavy atom. The van der Waals surface area contributed by atoms with Crippen molar-refractivity contribution in [3.63, 3.8) is 0 Å². The molecule has 0 heterocycles. The summed E-state index contributed by atoms with van der Waals surface area (Å²) < 4.78 is 6.18. The van der Waals surface area contributed by atoms with E-state index >= 15 is 0 Å². The molecule has 2 amide bonds. The number of benzene rings is 4. The Labute approximate surface area is 271 Å². The van der Waals surface area contributed by atoms with Crippen molar-refractivity contribution >= 4 is 29.0 Å². The second-order valence-electron chi connectivity index (χ2n) is 12.9. The Kier molecular flexibility index (Phi) is 9.44. The number of hydrogen-bond donors (Lipinski definition) is 3. The number of hydrogen-bond acceptors (Lipinski definition) is 5. The normalized spacial score (nSPS) is 21.0. The number of rotatable bonds is 8. The third-order valence-electron chi connectivity index (χ3n) is 9.03. The average molecular weight is 619 g/mol. The Hall–Kier alpha value is -4.75. The molecule has 5 rings (SSSR count). The van der Waals surface area contributed by atoms with Crippen LogP contribution in [0.2, 0.25) is 0 Å². The van der Waals surface area contributed by atoms with Gasteiger partial charge in [0.05, 0.1) is 11.5 Å². The fourth-order valence-corrected chi connectivity index (χ4v) is 6.40. The molecule has 0 aliphatic heterocycles. The highest BCUT2D eigenvalue weighted by atomic mass is 16.5. The van der Waals surface area contributed by atoms with Crippen LogP contribution in [0.15, 0.2) is 84.9 Å². The molecule has 3 N–H and O–H groups in total. The van der Waals surface area contributed by atoms with Crippen LogP contribution >= 0.6 is 0 Å². The monoisotopic (exact) mass is 618 g/mol. The summed E-state index contributed by atoms with van der Waals surface area (Å²) in [4.78, 5) is 42.2. The molecule has 0 bridgehead atoms. The van der Waals surface area contributed by atoms with Crippen LogP contribution in [0.4, 0.5) is 11.4 Å². The zero-order chi connectivity index (χ0) is 33.2. The highest BCUT2D eigenvalue weighted by molar-refractivity contribution is 6.10. The number of anilines is 2. The van der Waals surface area contributed by atoms with Crippen molar-refractivity contribution in [1.82, 2.24) is 0 Å². The van der Waals surface area contributed by atoms with Crippen LogP contribution in [-0.4, -0.2) is 28.3 Å². The number of aryl methyl sites for hydroxylation is 5. The number of carbonyl (C=O) groups is 3.